The molecular formula is C14H23N3O. The van der Waals surface area contributed by atoms with Crippen LogP contribution in [0.1, 0.15) is 25.3 Å². The van der Waals surface area contributed by atoms with Crippen LogP contribution >= 0.6 is 0 Å². The van der Waals surface area contributed by atoms with Crippen LogP contribution in [-0.2, 0) is 6.54 Å². The van der Waals surface area contributed by atoms with Crippen molar-refractivity contribution in [2.24, 2.45) is 11.7 Å². The standard InChI is InChI=1S/C14H23N3O/c1-11(12-5-8-17(2)9-6-12)18-14-13(10-15)4-3-7-16-14/h3-4,7,11-12H,5-6,8-10,15H2,1-2H3. The van der Waals surface area contributed by atoms with Crippen molar-refractivity contribution < 1.29 is 4.74 Å². The van der Waals surface area contributed by atoms with Gasteiger partial charge in [-0.25, -0.2) is 4.98 Å². The monoisotopic (exact) mass is 249 g/mol. The van der Waals surface area contributed by atoms with E-state index in [1.165, 1.54) is 12.8 Å². The Kier molecular flexibility index (Phi) is 4.55. The highest BCUT2D eigenvalue weighted by atomic mass is 16.5. The highest BCUT2D eigenvalue weighted by Gasteiger charge is 2.24. The van der Waals surface area contributed by atoms with Crippen LogP contribution in [0.4, 0.5) is 0 Å². The maximum absolute atomic E-state index is 6.00. The fourth-order valence-corrected chi connectivity index (χ4v) is 2.46. The van der Waals surface area contributed by atoms with E-state index in [9.17, 15) is 0 Å². The second kappa shape index (κ2) is 6.16. The molecule has 1 aliphatic rings. The summed E-state index contributed by atoms with van der Waals surface area (Å²) in [6, 6.07) is 3.87. The molecule has 100 valence electrons. The third-order valence-corrected chi connectivity index (χ3v) is 3.79. The minimum atomic E-state index is 0.207. The first-order valence-electron chi connectivity index (χ1n) is 6.70. The lowest BCUT2D eigenvalue weighted by Gasteiger charge is -2.32. The Morgan fingerprint density at radius 1 is 1.50 bits per heavy atom. The van der Waals surface area contributed by atoms with E-state index >= 15 is 0 Å². The molecule has 1 unspecified atom stereocenters. The van der Waals surface area contributed by atoms with Crippen molar-refractivity contribution in [2.45, 2.75) is 32.4 Å². The largest absolute Gasteiger partial charge is 0.474 e. The predicted molar refractivity (Wildman–Crippen MR) is 72.4 cm³/mol. The topological polar surface area (TPSA) is 51.4 Å². The van der Waals surface area contributed by atoms with Gasteiger partial charge in [0.1, 0.15) is 6.10 Å². The average Bonchev–Trinajstić information content (AvgIpc) is 2.40. The van der Waals surface area contributed by atoms with Crippen molar-refractivity contribution >= 4 is 0 Å². The second-order valence-electron chi connectivity index (χ2n) is 5.14. The third-order valence-electron chi connectivity index (χ3n) is 3.79. The van der Waals surface area contributed by atoms with E-state index in [4.69, 9.17) is 10.5 Å². The molecule has 18 heavy (non-hydrogen) atoms. The molecule has 0 spiro atoms. The molecule has 1 atom stereocenters. The molecule has 1 fully saturated rings. The van der Waals surface area contributed by atoms with Crippen LogP contribution in [0.3, 0.4) is 0 Å². The van der Waals surface area contributed by atoms with Crippen LogP contribution in [0.2, 0.25) is 0 Å². The Hall–Kier alpha value is -1.13. The maximum atomic E-state index is 6.00. The molecule has 2 rings (SSSR count). The lowest BCUT2D eigenvalue weighted by molar-refractivity contribution is 0.0932. The summed E-state index contributed by atoms with van der Waals surface area (Å²) in [7, 11) is 2.17. The number of pyridine rings is 1. The molecule has 0 amide bonds. The zero-order valence-corrected chi connectivity index (χ0v) is 11.3. The summed E-state index contributed by atoms with van der Waals surface area (Å²) < 4.78 is 6.00. The average molecular weight is 249 g/mol. The van der Waals surface area contributed by atoms with E-state index in [2.05, 4.69) is 23.9 Å². The second-order valence-corrected chi connectivity index (χ2v) is 5.14. The Morgan fingerprint density at radius 2 is 2.22 bits per heavy atom. The van der Waals surface area contributed by atoms with Gasteiger partial charge in [-0.3, -0.25) is 0 Å². The number of hydrogen-bond donors (Lipinski definition) is 1. The summed E-state index contributed by atoms with van der Waals surface area (Å²) in [5.74, 6) is 1.32. The first kappa shape index (κ1) is 13.3. The van der Waals surface area contributed by atoms with Gasteiger partial charge in [0.15, 0.2) is 0 Å². The van der Waals surface area contributed by atoms with Crippen molar-refractivity contribution in [1.82, 2.24) is 9.88 Å². The Labute approximate surface area is 109 Å². The van der Waals surface area contributed by atoms with Gasteiger partial charge >= 0.3 is 0 Å². The summed E-state index contributed by atoms with van der Waals surface area (Å²) in [5.41, 5.74) is 6.68. The molecule has 0 radical (unpaired) electrons. The van der Waals surface area contributed by atoms with Gasteiger partial charge in [-0.2, -0.15) is 0 Å². The van der Waals surface area contributed by atoms with Gasteiger partial charge in [-0.1, -0.05) is 6.07 Å². The lowest BCUT2D eigenvalue weighted by Crippen LogP contribution is -2.36. The van der Waals surface area contributed by atoms with Crippen molar-refractivity contribution in [3.63, 3.8) is 0 Å². The van der Waals surface area contributed by atoms with Crippen molar-refractivity contribution in [3.8, 4) is 5.88 Å². The van der Waals surface area contributed by atoms with Crippen molar-refractivity contribution in [3.05, 3.63) is 23.9 Å². The van der Waals surface area contributed by atoms with E-state index in [-0.39, 0.29) is 6.10 Å². The normalized spacial score (nSPS) is 19.7. The molecule has 0 bridgehead atoms. The van der Waals surface area contributed by atoms with Gasteiger partial charge in [0, 0.05) is 18.3 Å². The molecule has 4 heteroatoms. The van der Waals surface area contributed by atoms with Gasteiger partial charge in [-0.15, -0.1) is 0 Å². The summed E-state index contributed by atoms with van der Waals surface area (Å²) in [5, 5.41) is 0. The number of piperidine rings is 1. The van der Waals surface area contributed by atoms with Crippen LogP contribution in [-0.4, -0.2) is 36.1 Å². The van der Waals surface area contributed by atoms with Crippen molar-refractivity contribution in [2.75, 3.05) is 20.1 Å². The molecule has 4 nitrogen and oxygen atoms in total. The number of likely N-dealkylation sites (tertiary alicyclic amines) is 1. The third kappa shape index (κ3) is 3.21. The van der Waals surface area contributed by atoms with Crippen LogP contribution in [0.25, 0.3) is 0 Å². The van der Waals surface area contributed by atoms with Gasteiger partial charge in [0.05, 0.1) is 0 Å². The zero-order chi connectivity index (χ0) is 13.0. The van der Waals surface area contributed by atoms with E-state index in [1.54, 1.807) is 6.20 Å². The van der Waals surface area contributed by atoms with Crippen LogP contribution in [0, 0.1) is 5.92 Å². The van der Waals surface area contributed by atoms with Crippen molar-refractivity contribution in [1.29, 1.82) is 0 Å². The van der Waals surface area contributed by atoms with Crippen LogP contribution in [0.5, 0.6) is 5.88 Å². The lowest BCUT2D eigenvalue weighted by atomic mass is 9.92. The quantitative estimate of drug-likeness (QED) is 0.881. The smallest absolute Gasteiger partial charge is 0.218 e. The first-order valence-corrected chi connectivity index (χ1v) is 6.70. The Morgan fingerprint density at radius 3 is 2.89 bits per heavy atom. The summed E-state index contributed by atoms with van der Waals surface area (Å²) in [6.45, 7) is 4.93. The molecule has 2 heterocycles. The highest BCUT2D eigenvalue weighted by Crippen LogP contribution is 2.24. The number of nitrogens with zero attached hydrogens (tertiary/aromatic N) is 2. The highest BCUT2D eigenvalue weighted by molar-refractivity contribution is 5.25. The fourth-order valence-electron chi connectivity index (χ4n) is 2.46. The van der Waals surface area contributed by atoms with Gasteiger partial charge in [0.2, 0.25) is 5.88 Å². The van der Waals surface area contributed by atoms with E-state index < -0.39 is 0 Å². The molecule has 1 aromatic heterocycles. The predicted octanol–water partition coefficient (Wildman–Crippen LogP) is 1.65. The molecule has 0 aliphatic carbocycles. The van der Waals surface area contributed by atoms with Gasteiger partial charge < -0.3 is 15.4 Å². The maximum Gasteiger partial charge on any atom is 0.218 e. The Bertz CT molecular complexity index is 375. The molecular weight excluding hydrogens is 226 g/mol. The van der Waals surface area contributed by atoms with E-state index in [0.717, 1.165) is 18.7 Å². The SMILES string of the molecule is CC(Oc1ncccc1CN)C1CCN(C)CC1. The summed E-state index contributed by atoms with van der Waals surface area (Å²) in [4.78, 5) is 6.66. The summed E-state index contributed by atoms with van der Waals surface area (Å²) in [6.07, 6.45) is 4.36. The zero-order valence-electron chi connectivity index (χ0n) is 11.3. The number of ether oxygens (including phenoxy) is 1. The summed E-state index contributed by atoms with van der Waals surface area (Å²) >= 11 is 0. The molecule has 1 aromatic rings. The molecule has 2 N–H and O–H groups in total. The number of rotatable bonds is 4. The van der Waals surface area contributed by atoms with E-state index in [0.29, 0.717) is 18.3 Å². The Balaban J connectivity index is 1.96. The van der Waals surface area contributed by atoms with Gasteiger partial charge in [0.25, 0.3) is 0 Å². The minimum absolute atomic E-state index is 0.207. The van der Waals surface area contributed by atoms with Gasteiger partial charge in [-0.05, 0) is 51.9 Å². The molecule has 1 saturated heterocycles. The fraction of sp³-hybridized carbons (Fsp3) is 0.643. The molecule has 0 aromatic carbocycles. The van der Waals surface area contributed by atoms with Crippen LogP contribution < -0.4 is 10.5 Å². The van der Waals surface area contributed by atoms with Crippen LogP contribution in [0.15, 0.2) is 18.3 Å². The number of aromatic nitrogens is 1. The minimum Gasteiger partial charge on any atom is -0.474 e. The van der Waals surface area contributed by atoms with E-state index in [1.807, 2.05) is 12.1 Å². The first-order chi connectivity index (χ1) is 8.70. The number of nitrogens with two attached hydrogens (primary N) is 1. The molecule has 0 saturated carbocycles. The molecule has 1 aliphatic heterocycles. The number of hydrogen-bond acceptors (Lipinski definition) is 4.